The summed E-state index contributed by atoms with van der Waals surface area (Å²) in [6.07, 6.45) is 1.04. The second kappa shape index (κ2) is 10.6. The number of nitrogens with one attached hydrogen (secondary N) is 1. The molecule has 0 aliphatic rings. The van der Waals surface area contributed by atoms with E-state index in [1.165, 1.54) is 11.0 Å². The highest BCUT2D eigenvalue weighted by Gasteiger charge is 2.31. The second-order valence-electron chi connectivity index (χ2n) is 9.12. The molecular formula is C24H32ClN3O4S. The van der Waals surface area contributed by atoms with Gasteiger partial charge in [-0.3, -0.25) is 13.9 Å². The van der Waals surface area contributed by atoms with E-state index in [0.717, 1.165) is 16.1 Å². The summed E-state index contributed by atoms with van der Waals surface area (Å²) in [7, 11) is -3.81. The third-order valence-electron chi connectivity index (χ3n) is 4.98. The van der Waals surface area contributed by atoms with Gasteiger partial charge in [0, 0.05) is 17.1 Å². The molecule has 180 valence electrons. The van der Waals surface area contributed by atoms with Crippen molar-refractivity contribution in [3.8, 4) is 0 Å². The van der Waals surface area contributed by atoms with Crippen molar-refractivity contribution < 1.29 is 18.0 Å². The van der Waals surface area contributed by atoms with Crippen molar-refractivity contribution in [3.63, 3.8) is 0 Å². The van der Waals surface area contributed by atoms with E-state index in [1.54, 1.807) is 26.0 Å². The van der Waals surface area contributed by atoms with Crippen molar-refractivity contribution in [2.45, 2.75) is 52.7 Å². The van der Waals surface area contributed by atoms with Gasteiger partial charge < -0.3 is 10.2 Å². The number of amides is 2. The predicted octanol–water partition coefficient (Wildman–Crippen LogP) is 3.75. The normalized spacial score (nSPS) is 12.7. The Morgan fingerprint density at radius 3 is 2.24 bits per heavy atom. The first-order valence-electron chi connectivity index (χ1n) is 10.6. The molecule has 2 aromatic carbocycles. The van der Waals surface area contributed by atoms with Gasteiger partial charge in [-0.25, -0.2) is 8.42 Å². The highest BCUT2D eigenvalue weighted by Crippen LogP contribution is 2.26. The number of benzene rings is 2. The number of carbonyl (C=O) groups excluding carboxylic acids is 2. The Hall–Kier alpha value is -2.58. The van der Waals surface area contributed by atoms with E-state index in [-0.39, 0.29) is 12.5 Å². The topological polar surface area (TPSA) is 86.8 Å². The molecule has 0 aliphatic heterocycles. The van der Waals surface area contributed by atoms with Crippen LogP contribution in [0.3, 0.4) is 0 Å². The van der Waals surface area contributed by atoms with Crippen molar-refractivity contribution in [2.75, 3.05) is 17.1 Å². The number of hydrogen-bond donors (Lipinski definition) is 1. The lowest BCUT2D eigenvalue weighted by Gasteiger charge is -2.33. The summed E-state index contributed by atoms with van der Waals surface area (Å²) in [4.78, 5) is 27.8. The maximum Gasteiger partial charge on any atom is 0.244 e. The smallest absolute Gasteiger partial charge is 0.244 e. The number of halogens is 1. The molecule has 1 N–H and O–H groups in total. The first-order valence-corrected chi connectivity index (χ1v) is 12.8. The van der Waals surface area contributed by atoms with Crippen LogP contribution in [0.15, 0.2) is 48.5 Å². The van der Waals surface area contributed by atoms with Crippen molar-refractivity contribution in [1.82, 2.24) is 10.2 Å². The first kappa shape index (κ1) is 26.7. The SMILES string of the molecule is Cc1ccc(Cl)cc1N(CC(=O)N(Cc1ccccc1)[C@H](C)C(=O)NC(C)(C)C)S(C)(=O)=O. The molecule has 0 saturated heterocycles. The van der Waals surface area contributed by atoms with Gasteiger partial charge >= 0.3 is 0 Å². The Morgan fingerprint density at radius 1 is 1.09 bits per heavy atom. The summed E-state index contributed by atoms with van der Waals surface area (Å²) in [5.74, 6) is -0.822. The van der Waals surface area contributed by atoms with Gasteiger partial charge in [0.15, 0.2) is 0 Å². The molecule has 2 amide bonds. The number of anilines is 1. The third kappa shape index (κ3) is 7.75. The van der Waals surface area contributed by atoms with Crippen LogP contribution in [-0.4, -0.2) is 49.5 Å². The standard InChI is InChI=1S/C24H32ClN3O4S/c1-17-12-13-20(25)14-21(17)28(33(6,31)32)16-22(29)27(15-19-10-8-7-9-11-19)18(2)23(30)26-24(3,4)5/h7-14,18H,15-16H2,1-6H3,(H,26,30)/t18-/m1/s1. The van der Waals surface area contributed by atoms with Crippen molar-refractivity contribution in [3.05, 3.63) is 64.7 Å². The molecule has 1 atom stereocenters. The third-order valence-corrected chi connectivity index (χ3v) is 6.34. The van der Waals surface area contributed by atoms with E-state index < -0.39 is 34.1 Å². The van der Waals surface area contributed by atoms with E-state index in [9.17, 15) is 18.0 Å². The van der Waals surface area contributed by atoms with Crippen molar-refractivity contribution in [2.24, 2.45) is 0 Å². The van der Waals surface area contributed by atoms with Gasteiger partial charge in [-0.15, -0.1) is 0 Å². The fourth-order valence-electron chi connectivity index (χ4n) is 3.28. The lowest BCUT2D eigenvalue weighted by molar-refractivity contribution is -0.140. The highest BCUT2D eigenvalue weighted by atomic mass is 35.5. The molecule has 33 heavy (non-hydrogen) atoms. The van der Waals surface area contributed by atoms with Crippen LogP contribution in [0.5, 0.6) is 0 Å². The number of hydrogen-bond acceptors (Lipinski definition) is 4. The molecule has 0 spiro atoms. The van der Waals surface area contributed by atoms with E-state index in [4.69, 9.17) is 11.6 Å². The van der Waals surface area contributed by atoms with Crippen LogP contribution in [0.2, 0.25) is 5.02 Å². The van der Waals surface area contributed by atoms with Crippen LogP contribution in [0.4, 0.5) is 5.69 Å². The molecule has 9 heteroatoms. The Morgan fingerprint density at radius 2 is 1.70 bits per heavy atom. The maximum atomic E-state index is 13.5. The summed E-state index contributed by atoms with van der Waals surface area (Å²) in [5, 5.41) is 3.25. The Bertz CT molecular complexity index is 1100. The molecule has 0 heterocycles. The minimum atomic E-state index is -3.81. The first-order chi connectivity index (χ1) is 15.2. The highest BCUT2D eigenvalue weighted by molar-refractivity contribution is 7.92. The summed E-state index contributed by atoms with van der Waals surface area (Å²) in [6, 6.07) is 13.3. The lowest BCUT2D eigenvalue weighted by Crippen LogP contribution is -2.54. The molecule has 0 saturated carbocycles. The Labute approximate surface area is 201 Å². The molecule has 7 nitrogen and oxygen atoms in total. The van der Waals surface area contributed by atoms with Gasteiger partial charge in [0.25, 0.3) is 0 Å². The summed E-state index contributed by atoms with van der Waals surface area (Å²) < 4.78 is 26.3. The summed E-state index contributed by atoms with van der Waals surface area (Å²) in [6.45, 7) is 8.65. The average molecular weight is 494 g/mol. The molecule has 0 aliphatic carbocycles. The number of aryl methyl sites for hydroxylation is 1. The minimum Gasteiger partial charge on any atom is -0.350 e. The molecule has 2 rings (SSSR count). The monoisotopic (exact) mass is 493 g/mol. The van der Waals surface area contributed by atoms with Crippen LogP contribution in [0.25, 0.3) is 0 Å². The second-order valence-corrected chi connectivity index (χ2v) is 11.5. The summed E-state index contributed by atoms with van der Waals surface area (Å²) >= 11 is 6.10. The molecule has 0 unspecified atom stereocenters. The van der Waals surface area contributed by atoms with E-state index in [2.05, 4.69) is 5.32 Å². The fraction of sp³-hybridized carbons (Fsp3) is 0.417. The molecule has 0 bridgehead atoms. The molecular weight excluding hydrogens is 462 g/mol. The largest absolute Gasteiger partial charge is 0.350 e. The van der Waals surface area contributed by atoms with Crippen molar-refractivity contribution in [1.29, 1.82) is 0 Å². The van der Waals surface area contributed by atoms with Crippen LogP contribution >= 0.6 is 11.6 Å². The van der Waals surface area contributed by atoms with Gasteiger partial charge in [-0.05, 0) is 57.9 Å². The van der Waals surface area contributed by atoms with Crippen molar-refractivity contribution >= 4 is 39.1 Å². The van der Waals surface area contributed by atoms with E-state index in [1.807, 2.05) is 51.1 Å². The van der Waals surface area contributed by atoms with Gasteiger partial charge in [0.05, 0.1) is 11.9 Å². The van der Waals surface area contributed by atoms with Gasteiger partial charge in [-0.1, -0.05) is 48.0 Å². The predicted molar refractivity (Wildman–Crippen MR) is 133 cm³/mol. The van der Waals surface area contributed by atoms with Crippen LogP contribution < -0.4 is 9.62 Å². The minimum absolute atomic E-state index is 0.157. The quantitative estimate of drug-likeness (QED) is 0.606. The maximum absolute atomic E-state index is 13.5. The Kier molecular flexibility index (Phi) is 8.54. The number of carbonyl (C=O) groups is 2. The van der Waals surface area contributed by atoms with E-state index in [0.29, 0.717) is 16.3 Å². The van der Waals surface area contributed by atoms with E-state index >= 15 is 0 Å². The Balaban J connectivity index is 2.42. The van der Waals surface area contributed by atoms with Crippen LogP contribution in [0.1, 0.15) is 38.8 Å². The molecule has 0 aromatic heterocycles. The average Bonchev–Trinajstić information content (AvgIpc) is 2.70. The zero-order valence-electron chi connectivity index (χ0n) is 19.9. The van der Waals surface area contributed by atoms with Crippen LogP contribution in [-0.2, 0) is 26.2 Å². The van der Waals surface area contributed by atoms with Gasteiger partial charge in [0.1, 0.15) is 12.6 Å². The van der Waals surface area contributed by atoms with Crippen LogP contribution in [0, 0.1) is 6.92 Å². The van der Waals surface area contributed by atoms with Gasteiger partial charge in [0.2, 0.25) is 21.8 Å². The summed E-state index contributed by atoms with van der Waals surface area (Å²) in [5.41, 5.74) is 1.32. The lowest BCUT2D eigenvalue weighted by atomic mass is 10.1. The number of rotatable bonds is 8. The molecule has 0 radical (unpaired) electrons. The number of sulfonamides is 1. The van der Waals surface area contributed by atoms with Gasteiger partial charge in [-0.2, -0.15) is 0 Å². The number of nitrogens with zero attached hydrogens (tertiary/aromatic N) is 2. The molecule has 2 aromatic rings. The zero-order chi connectivity index (χ0) is 25.0. The fourth-order valence-corrected chi connectivity index (χ4v) is 4.35. The zero-order valence-corrected chi connectivity index (χ0v) is 21.5. The molecule has 0 fully saturated rings.